The quantitative estimate of drug-likeness (QED) is 0.394. The van der Waals surface area contributed by atoms with E-state index >= 15 is 0 Å². The maximum absolute atomic E-state index is 13.3. The average Bonchev–Trinajstić information content (AvgIpc) is 2.88. The monoisotopic (exact) mass is 480 g/mol. The average molecular weight is 481 g/mol. The number of nitrogens with zero attached hydrogens (tertiary/aromatic N) is 2. The van der Waals surface area contributed by atoms with Gasteiger partial charge in [-0.25, -0.2) is 13.6 Å². The number of carbonyl (C=O) groups is 1. The van der Waals surface area contributed by atoms with Gasteiger partial charge in [-0.1, -0.05) is 42.5 Å². The highest BCUT2D eigenvalue weighted by molar-refractivity contribution is 7.89. The van der Waals surface area contributed by atoms with Crippen molar-refractivity contribution in [1.29, 1.82) is 5.26 Å². The van der Waals surface area contributed by atoms with E-state index in [1.807, 2.05) is 6.07 Å². The van der Waals surface area contributed by atoms with Crippen LogP contribution in [0.15, 0.2) is 102 Å². The molecule has 35 heavy (non-hydrogen) atoms. The van der Waals surface area contributed by atoms with Gasteiger partial charge in [-0.3, -0.25) is 9.78 Å². The number of benzene rings is 3. The van der Waals surface area contributed by atoms with Gasteiger partial charge in [0.15, 0.2) is 0 Å². The largest absolute Gasteiger partial charge is 0.322 e. The smallest absolute Gasteiger partial charge is 0.256 e. The lowest BCUT2D eigenvalue weighted by atomic mass is 10.0. The van der Waals surface area contributed by atoms with Crippen LogP contribution in [0.2, 0.25) is 0 Å². The molecule has 3 N–H and O–H groups in total. The standard InChI is InChI=1S/C27H20N4O3S/c28-18-20-5-3-4-19(16-20)17-25(22-12-14-30-15-13-22)27(32)31-23-10-8-21(9-11-23)24-6-1-2-7-26(24)35(29,33)34/h1-17H,(H,31,32)(H2,29,33,34)/b25-17-. The predicted octanol–water partition coefficient (Wildman–Crippen LogP) is 4.45. The zero-order valence-corrected chi connectivity index (χ0v) is 19.2. The molecule has 8 heteroatoms. The second-order valence-electron chi connectivity index (χ2n) is 7.60. The molecule has 0 bridgehead atoms. The molecule has 0 atom stereocenters. The van der Waals surface area contributed by atoms with Crippen molar-refractivity contribution in [2.24, 2.45) is 5.14 Å². The Hall–Kier alpha value is -4.58. The molecule has 0 aliphatic heterocycles. The highest BCUT2D eigenvalue weighted by Crippen LogP contribution is 2.28. The number of anilines is 1. The number of nitrogens with two attached hydrogens (primary N) is 1. The molecule has 1 aromatic heterocycles. The fraction of sp³-hybridized carbons (Fsp3) is 0. The normalized spacial score (nSPS) is 11.5. The van der Waals surface area contributed by atoms with Crippen LogP contribution in [-0.2, 0) is 14.8 Å². The Labute approximate surface area is 203 Å². The number of nitriles is 1. The zero-order chi connectivity index (χ0) is 24.8. The number of rotatable bonds is 6. The number of primary sulfonamides is 1. The summed E-state index contributed by atoms with van der Waals surface area (Å²) in [5.41, 5.74) is 3.90. The number of hydrogen-bond acceptors (Lipinski definition) is 5. The number of amides is 1. The van der Waals surface area contributed by atoms with E-state index in [0.717, 1.165) is 0 Å². The van der Waals surface area contributed by atoms with Crippen molar-refractivity contribution in [3.8, 4) is 17.2 Å². The van der Waals surface area contributed by atoms with E-state index in [-0.39, 0.29) is 10.8 Å². The minimum absolute atomic E-state index is 0.0271. The third-order valence-electron chi connectivity index (χ3n) is 5.21. The summed E-state index contributed by atoms with van der Waals surface area (Å²) in [5, 5.41) is 17.4. The summed E-state index contributed by atoms with van der Waals surface area (Å²) < 4.78 is 23.9. The Bertz CT molecular complexity index is 1560. The predicted molar refractivity (Wildman–Crippen MR) is 135 cm³/mol. The van der Waals surface area contributed by atoms with Crippen LogP contribution in [0.5, 0.6) is 0 Å². The van der Waals surface area contributed by atoms with Crippen molar-refractivity contribution < 1.29 is 13.2 Å². The maximum atomic E-state index is 13.3. The van der Waals surface area contributed by atoms with Gasteiger partial charge in [0.1, 0.15) is 0 Å². The van der Waals surface area contributed by atoms with E-state index in [0.29, 0.717) is 39.1 Å². The molecule has 1 heterocycles. The van der Waals surface area contributed by atoms with Crippen LogP contribution in [0.4, 0.5) is 5.69 Å². The highest BCUT2D eigenvalue weighted by Gasteiger charge is 2.16. The first kappa shape index (κ1) is 23.6. The number of sulfonamides is 1. The van der Waals surface area contributed by atoms with Crippen molar-refractivity contribution >= 4 is 33.3 Å². The van der Waals surface area contributed by atoms with Crippen LogP contribution < -0.4 is 10.5 Å². The first-order valence-corrected chi connectivity index (χ1v) is 12.1. The Balaban J connectivity index is 1.64. The summed E-state index contributed by atoms with van der Waals surface area (Å²) in [6.45, 7) is 0. The van der Waals surface area contributed by atoms with Gasteiger partial charge < -0.3 is 5.32 Å². The zero-order valence-electron chi connectivity index (χ0n) is 18.4. The molecule has 4 rings (SSSR count). The number of hydrogen-bond donors (Lipinski definition) is 2. The van der Waals surface area contributed by atoms with Gasteiger partial charge in [-0.05, 0) is 65.2 Å². The van der Waals surface area contributed by atoms with Gasteiger partial charge in [0, 0.05) is 29.2 Å². The fourth-order valence-corrected chi connectivity index (χ4v) is 4.32. The molecular formula is C27H20N4O3S. The third kappa shape index (κ3) is 5.68. The number of nitrogens with one attached hydrogen (secondary N) is 1. The Morgan fingerprint density at radius 2 is 1.66 bits per heavy atom. The summed E-state index contributed by atoms with van der Waals surface area (Å²) in [6, 6.07) is 25.8. The maximum Gasteiger partial charge on any atom is 0.256 e. The summed E-state index contributed by atoms with van der Waals surface area (Å²) in [6.07, 6.45) is 4.90. The highest BCUT2D eigenvalue weighted by atomic mass is 32.2. The summed E-state index contributed by atoms with van der Waals surface area (Å²) >= 11 is 0. The van der Waals surface area contributed by atoms with Crippen LogP contribution in [0, 0.1) is 11.3 Å². The van der Waals surface area contributed by atoms with Crippen LogP contribution in [0.1, 0.15) is 16.7 Å². The van der Waals surface area contributed by atoms with Gasteiger partial charge in [-0.15, -0.1) is 0 Å². The molecule has 172 valence electrons. The molecule has 0 saturated carbocycles. The second kappa shape index (κ2) is 10.1. The summed E-state index contributed by atoms with van der Waals surface area (Å²) in [4.78, 5) is 17.3. The Morgan fingerprint density at radius 3 is 2.34 bits per heavy atom. The van der Waals surface area contributed by atoms with E-state index < -0.39 is 10.0 Å². The fourth-order valence-electron chi connectivity index (χ4n) is 3.56. The number of pyridine rings is 1. The summed E-state index contributed by atoms with van der Waals surface area (Å²) in [5.74, 6) is -0.351. The van der Waals surface area contributed by atoms with E-state index in [1.165, 1.54) is 6.07 Å². The van der Waals surface area contributed by atoms with Gasteiger partial charge in [0.2, 0.25) is 10.0 Å². The third-order valence-corrected chi connectivity index (χ3v) is 6.18. The minimum Gasteiger partial charge on any atom is -0.322 e. The molecule has 0 fully saturated rings. The molecule has 1 amide bonds. The Morgan fingerprint density at radius 1 is 0.943 bits per heavy atom. The van der Waals surface area contributed by atoms with E-state index in [2.05, 4.69) is 16.4 Å². The molecule has 0 aliphatic carbocycles. The van der Waals surface area contributed by atoms with Crippen molar-refractivity contribution in [3.63, 3.8) is 0 Å². The molecule has 0 radical (unpaired) electrons. The molecule has 7 nitrogen and oxygen atoms in total. The lowest BCUT2D eigenvalue weighted by Gasteiger charge is -2.12. The SMILES string of the molecule is N#Cc1cccc(/C=C(\C(=O)Nc2ccc(-c3ccccc3S(N)(=O)=O)cc2)c2ccncc2)c1. The van der Waals surface area contributed by atoms with Crippen LogP contribution in [0.3, 0.4) is 0 Å². The van der Waals surface area contributed by atoms with Crippen LogP contribution >= 0.6 is 0 Å². The van der Waals surface area contributed by atoms with E-state index in [1.54, 1.807) is 91.3 Å². The lowest BCUT2D eigenvalue weighted by Crippen LogP contribution is -2.14. The summed E-state index contributed by atoms with van der Waals surface area (Å²) in [7, 11) is -3.89. The van der Waals surface area contributed by atoms with Gasteiger partial charge in [0.05, 0.1) is 16.5 Å². The van der Waals surface area contributed by atoms with E-state index in [9.17, 15) is 18.5 Å². The van der Waals surface area contributed by atoms with Gasteiger partial charge in [0.25, 0.3) is 5.91 Å². The first-order valence-electron chi connectivity index (χ1n) is 10.5. The second-order valence-corrected chi connectivity index (χ2v) is 9.13. The molecule has 4 aromatic rings. The first-order chi connectivity index (χ1) is 16.8. The minimum atomic E-state index is -3.89. The number of carbonyl (C=O) groups excluding carboxylic acids is 1. The molecule has 0 saturated heterocycles. The van der Waals surface area contributed by atoms with Crippen molar-refractivity contribution in [1.82, 2.24) is 4.98 Å². The Kier molecular flexibility index (Phi) is 6.83. The molecular weight excluding hydrogens is 460 g/mol. The van der Waals surface area contributed by atoms with Gasteiger partial charge in [-0.2, -0.15) is 5.26 Å². The van der Waals surface area contributed by atoms with Crippen molar-refractivity contribution in [3.05, 3.63) is 114 Å². The van der Waals surface area contributed by atoms with Gasteiger partial charge >= 0.3 is 0 Å². The molecule has 3 aromatic carbocycles. The van der Waals surface area contributed by atoms with Crippen molar-refractivity contribution in [2.75, 3.05) is 5.32 Å². The van der Waals surface area contributed by atoms with Crippen molar-refractivity contribution in [2.45, 2.75) is 4.90 Å². The van der Waals surface area contributed by atoms with Crippen LogP contribution in [0.25, 0.3) is 22.8 Å². The molecule has 0 aliphatic rings. The lowest BCUT2D eigenvalue weighted by molar-refractivity contribution is -0.111. The van der Waals surface area contributed by atoms with Crippen LogP contribution in [-0.4, -0.2) is 19.3 Å². The number of aromatic nitrogens is 1. The molecule has 0 unspecified atom stereocenters. The topological polar surface area (TPSA) is 126 Å². The molecule has 0 spiro atoms. The van der Waals surface area contributed by atoms with E-state index in [4.69, 9.17) is 5.14 Å².